The van der Waals surface area contributed by atoms with E-state index in [0.717, 1.165) is 11.3 Å². The zero-order chi connectivity index (χ0) is 13.8. The lowest BCUT2D eigenvalue weighted by atomic mass is 10.3. The summed E-state index contributed by atoms with van der Waals surface area (Å²) in [6, 6.07) is 0.768. The quantitative estimate of drug-likeness (QED) is 0.749. The number of nitrogens with one attached hydrogen (secondary N) is 1. The second kappa shape index (κ2) is 6.28. The number of hydrogen-bond donors (Lipinski definition) is 2. The lowest BCUT2D eigenvalue weighted by Gasteiger charge is -2.14. The van der Waals surface area contributed by atoms with E-state index in [2.05, 4.69) is 9.46 Å². The monoisotopic (exact) mass is 293 g/mol. The molecule has 0 radical (unpaired) electrons. The van der Waals surface area contributed by atoms with Gasteiger partial charge >= 0.3 is 5.97 Å². The first-order valence-electron chi connectivity index (χ1n) is 5.25. The van der Waals surface area contributed by atoms with Gasteiger partial charge in [-0.05, 0) is 17.9 Å². The summed E-state index contributed by atoms with van der Waals surface area (Å²) in [5.41, 5.74) is 0. The van der Waals surface area contributed by atoms with Crippen LogP contribution in [0.5, 0.6) is 0 Å². The van der Waals surface area contributed by atoms with E-state index in [0.29, 0.717) is 6.42 Å². The van der Waals surface area contributed by atoms with Crippen molar-refractivity contribution in [3.63, 3.8) is 0 Å². The predicted octanol–water partition coefficient (Wildman–Crippen LogP) is 0.584. The van der Waals surface area contributed by atoms with Gasteiger partial charge in [-0.2, -0.15) is 0 Å². The molecule has 0 spiro atoms. The van der Waals surface area contributed by atoms with Gasteiger partial charge in [-0.25, -0.2) is 17.9 Å². The molecule has 0 aliphatic rings. The van der Waals surface area contributed by atoms with Crippen LogP contribution in [0.25, 0.3) is 0 Å². The molecular weight excluding hydrogens is 278 g/mol. The lowest BCUT2D eigenvalue weighted by molar-refractivity contribution is 0.0602. The molecule has 0 amide bonds. The number of carbonyl (C=O) groups excluding carboxylic acids is 1. The Labute approximate surface area is 110 Å². The summed E-state index contributed by atoms with van der Waals surface area (Å²) in [5, 5.41) is 10.5. The van der Waals surface area contributed by atoms with Gasteiger partial charge in [0.25, 0.3) is 0 Å². The summed E-state index contributed by atoms with van der Waals surface area (Å²) in [7, 11) is -2.64. The fourth-order valence-electron chi connectivity index (χ4n) is 1.28. The average Bonchev–Trinajstić information content (AvgIpc) is 2.85. The summed E-state index contributed by atoms with van der Waals surface area (Å²) in [6.45, 7) is 1.45. The third-order valence-corrected chi connectivity index (χ3v) is 4.91. The Hall–Kier alpha value is -0.960. The van der Waals surface area contributed by atoms with E-state index in [1.807, 2.05) is 0 Å². The minimum atomic E-state index is -3.83. The Morgan fingerprint density at radius 1 is 1.61 bits per heavy atom. The molecule has 1 aromatic heterocycles. The Balaban J connectivity index is 3.06. The molecule has 1 rings (SSSR count). The molecule has 0 saturated carbocycles. The Morgan fingerprint density at radius 3 is 2.78 bits per heavy atom. The van der Waals surface area contributed by atoms with Crippen LogP contribution in [0.1, 0.15) is 23.0 Å². The molecular formula is C10H15NO5S2. The van der Waals surface area contributed by atoms with Crippen LogP contribution in [-0.2, 0) is 14.8 Å². The highest BCUT2D eigenvalue weighted by Crippen LogP contribution is 2.23. The van der Waals surface area contributed by atoms with Crippen LogP contribution < -0.4 is 4.72 Å². The number of thiophene rings is 1. The zero-order valence-corrected chi connectivity index (χ0v) is 11.7. The van der Waals surface area contributed by atoms with Crippen molar-refractivity contribution in [3.8, 4) is 0 Å². The standard InChI is InChI=1S/C10H15NO5S2/c1-3-7(6-12)11-18(14,15)8-4-5-17-9(8)10(13)16-2/h4-5,7,11-12H,3,6H2,1-2H3/t7-/m0/s1. The minimum Gasteiger partial charge on any atom is -0.465 e. The summed E-state index contributed by atoms with van der Waals surface area (Å²) in [6.07, 6.45) is 0.452. The van der Waals surface area contributed by atoms with Crippen LogP contribution in [0.15, 0.2) is 16.3 Å². The number of methoxy groups -OCH3 is 1. The van der Waals surface area contributed by atoms with Crippen molar-refractivity contribution < 1.29 is 23.1 Å². The van der Waals surface area contributed by atoms with Gasteiger partial charge < -0.3 is 9.84 Å². The SMILES string of the molecule is CC[C@@H](CO)NS(=O)(=O)c1ccsc1C(=O)OC. The highest BCUT2D eigenvalue weighted by Gasteiger charge is 2.26. The molecule has 2 N–H and O–H groups in total. The second-order valence-corrected chi connectivity index (χ2v) is 6.11. The van der Waals surface area contributed by atoms with Crippen molar-refractivity contribution in [2.24, 2.45) is 0 Å². The highest BCUT2D eigenvalue weighted by atomic mass is 32.2. The average molecular weight is 293 g/mol. The second-order valence-electron chi connectivity index (χ2n) is 3.51. The fraction of sp³-hybridized carbons (Fsp3) is 0.500. The van der Waals surface area contributed by atoms with Gasteiger partial charge in [0.1, 0.15) is 9.77 Å². The smallest absolute Gasteiger partial charge is 0.349 e. The molecule has 0 unspecified atom stereocenters. The maximum absolute atomic E-state index is 12.0. The molecule has 0 saturated heterocycles. The number of aliphatic hydroxyl groups is 1. The van der Waals surface area contributed by atoms with Crippen LogP contribution in [0.3, 0.4) is 0 Å². The van der Waals surface area contributed by atoms with E-state index in [-0.39, 0.29) is 16.4 Å². The van der Waals surface area contributed by atoms with Crippen molar-refractivity contribution in [1.29, 1.82) is 0 Å². The number of sulfonamides is 1. The van der Waals surface area contributed by atoms with Gasteiger partial charge in [-0.15, -0.1) is 11.3 Å². The van der Waals surface area contributed by atoms with Crippen molar-refractivity contribution >= 4 is 27.3 Å². The normalized spacial score (nSPS) is 13.3. The van der Waals surface area contributed by atoms with Crippen LogP contribution in [0, 0.1) is 0 Å². The van der Waals surface area contributed by atoms with Gasteiger partial charge in [-0.1, -0.05) is 6.92 Å². The minimum absolute atomic E-state index is 0.0257. The van der Waals surface area contributed by atoms with E-state index >= 15 is 0 Å². The van der Waals surface area contributed by atoms with Crippen LogP contribution in [0.4, 0.5) is 0 Å². The summed E-state index contributed by atoms with van der Waals surface area (Å²) < 4.78 is 30.9. The van der Waals surface area contributed by atoms with E-state index in [1.54, 1.807) is 6.92 Å². The molecule has 0 aliphatic carbocycles. The maximum atomic E-state index is 12.0. The molecule has 8 heteroatoms. The molecule has 1 aromatic rings. The van der Waals surface area contributed by atoms with E-state index in [4.69, 9.17) is 5.11 Å². The lowest BCUT2D eigenvalue weighted by Crippen LogP contribution is -2.37. The third-order valence-electron chi connectivity index (χ3n) is 2.32. The highest BCUT2D eigenvalue weighted by molar-refractivity contribution is 7.89. The topological polar surface area (TPSA) is 92.7 Å². The Bertz CT molecular complexity index is 504. The molecule has 1 atom stereocenters. The van der Waals surface area contributed by atoms with Crippen LogP contribution in [-0.4, -0.2) is 39.3 Å². The molecule has 6 nitrogen and oxygen atoms in total. The van der Waals surface area contributed by atoms with E-state index in [9.17, 15) is 13.2 Å². The van der Waals surface area contributed by atoms with E-state index < -0.39 is 22.0 Å². The molecule has 0 bridgehead atoms. The zero-order valence-electron chi connectivity index (χ0n) is 10.0. The maximum Gasteiger partial charge on any atom is 0.349 e. The van der Waals surface area contributed by atoms with Crippen molar-refractivity contribution in [2.75, 3.05) is 13.7 Å². The van der Waals surface area contributed by atoms with E-state index in [1.165, 1.54) is 18.6 Å². The summed E-state index contributed by atoms with van der Waals surface area (Å²) >= 11 is 0.995. The molecule has 0 aromatic carbocycles. The Morgan fingerprint density at radius 2 is 2.28 bits per heavy atom. The first-order chi connectivity index (χ1) is 8.46. The van der Waals surface area contributed by atoms with Gasteiger partial charge in [0.2, 0.25) is 10.0 Å². The van der Waals surface area contributed by atoms with Gasteiger partial charge in [0, 0.05) is 6.04 Å². The van der Waals surface area contributed by atoms with Gasteiger partial charge in [0.15, 0.2) is 0 Å². The molecule has 0 aliphatic heterocycles. The van der Waals surface area contributed by atoms with Crippen LogP contribution >= 0.6 is 11.3 Å². The molecule has 1 heterocycles. The first kappa shape index (κ1) is 15.1. The molecule has 18 heavy (non-hydrogen) atoms. The van der Waals surface area contributed by atoms with Gasteiger partial charge in [-0.3, -0.25) is 0 Å². The fourth-order valence-corrected chi connectivity index (χ4v) is 3.93. The van der Waals surface area contributed by atoms with Crippen molar-refractivity contribution in [3.05, 3.63) is 16.3 Å². The number of esters is 1. The van der Waals surface area contributed by atoms with Crippen molar-refractivity contribution in [2.45, 2.75) is 24.3 Å². The van der Waals surface area contributed by atoms with Crippen LogP contribution in [0.2, 0.25) is 0 Å². The number of aliphatic hydroxyl groups excluding tert-OH is 1. The molecule has 102 valence electrons. The summed E-state index contributed by atoms with van der Waals surface area (Å²) in [4.78, 5) is 11.3. The molecule has 0 fully saturated rings. The number of rotatable bonds is 6. The Kier molecular flexibility index (Phi) is 5.27. The number of hydrogen-bond acceptors (Lipinski definition) is 6. The number of carbonyl (C=O) groups is 1. The van der Waals surface area contributed by atoms with Crippen molar-refractivity contribution in [1.82, 2.24) is 4.72 Å². The largest absolute Gasteiger partial charge is 0.465 e. The van der Waals surface area contributed by atoms with Gasteiger partial charge in [0.05, 0.1) is 13.7 Å². The number of ether oxygens (including phenoxy) is 1. The third kappa shape index (κ3) is 3.29. The first-order valence-corrected chi connectivity index (χ1v) is 7.61. The predicted molar refractivity (Wildman–Crippen MR) is 67.1 cm³/mol. The summed E-state index contributed by atoms with van der Waals surface area (Å²) in [5.74, 6) is -0.692.